The zero-order valence-corrected chi connectivity index (χ0v) is 11.0. The summed E-state index contributed by atoms with van der Waals surface area (Å²) in [6.07, 6.45) is 4.65. The van der Waals surface area contributed by atoms with Crippen molar-refractivity contribution in [3.8, 4) is 11.5 Å². The van der Waals surface area contributed by atoms with Gasteiger partial charge in [-0.1, -0.05) is 12.5 Å². The van der Waals surface area contributed by atoms with Crippen molar-refractivity contribution in [2.45, 2.75) is 39.0 Å². The predicted octanol–water partition coefficient (Wildman–Crippen LogP) is 3.01. The highest BCUT2D eigenvalue weighted by Crippen LogP contribution is 2.34. The van der Waals surface area contributed by atoms with E-state index in [0.717, 1.165) is 43.2 Å². The van der Waals surface area contributed by atoms with Gasteiger partial charge in [0.15, 0.2) is 11.5 Å². The molecule has 3 nitrogen and oxygen atoms in total. The summed E-state index contributed by atoms with van der Waals surface area (Å²) in [6, 6.07) is 3.55. The quantitative estimate of drug-likeness (QED) is 0.894. The van der Waals surface area contributed by atoms with Crippen LogP contribution in [0.25, 0.3) is 0 Å². The Labute approximate surface area is 108 Å². The Balaban J connectivity index is 2.21. The van der Waals surface area contributed by atoms with Gasteiger partial charge in [-0.05, 0) is 43.4 Å². The van der Waals surface area contributed by atoms with Crippen LogP contribution < -0.4 is 4.74 Å². The van der Waals surface area contributed by atoms with Crippen molar-refractivity contribution in [1.29, 1.82) is 0 Å². The highest BCUT2D eigenvalue weighted by Gasteiger charge is 2.23. The van der Waals surface area contributed by atoms with Crippen molar-refractivity contribution < 1.29 is 14.6 Å². The number of phenols is 1. The highest BCUT2D eigenvalue weighted by atomic mass is 16.5. The lowest BCUT2D eigenvalue weighted by molar-refractivity contribution is -0.124. The molecule has 98 valence electrons. The van der Waals surface area contributed by atoms with Gasteiger partial charge in [-0.25, -0.2) is 0 Å². The average molecular weight is 248 g/mol. The first kappa shape index (κ1) is 12.9. The molecule has 1 aromatic carbocycles. The maximum Gasteiger partial charge on any atom is 0.163 e. The third kappa shape index (κ3) is 2.50. The number of aromatic hydroxyl groups is 1. The Kier molecular flexibility index (Phi) is 3.90. The predicted molar refractivity (Wildman–Crippen MR) is 70.1 cm³/mol. The van der Waals surface area contributed by atoms with Crippen LogP contribution >= 0.6 is 0 Å². The first-order valence-corrected chi connectivity index (χ1v) is 6.51. The molecule has 0 amide bonds. The van der Waals surface area contributed by atoms with E-state index in [-0.39, 0.29) is 11.7 Å². The molecule has 1 N–H and O–H groups in total. The van der Waals surface area contributed by atoms with Crippen LogP contribution in [0.5, 0.6) is 11.5 Å². The first-order chi connectivity index (χ1) is 8.63. The molecule has 0 radical (unpaired) electrons. The zero-order valence-electron chi connectivity index (χ0n) is 11.0. The van der Waals surface area contributed by atoms with E-state index in [4.69, 9.17) is 4.74 Å². The average Bonchev–Trinajstić information content (AvgIpc) is 2.36. The van der Waals surface area contributed by atoms with E-state index < -0.39 is 0 Å². The SMILES string of the molecule is COc1c(O)ccc(CC2CCCCC2=O)c1C. The van der Waals surface area contributed by atoms with Gasteiger partial charge >= 0.3 is 0 Å². The molecule has 1 atom stereocenters. The fourth-order valence-electron chi connectivity index (χ4n) is 2.73. The summed E-state index contributed by atoms with van der Waals surface area (Å²) in [7, 11) is 1.55. The molecule has 1 aromatic rings. The van der Waals surface area contributed by atoms with Crippen LogP contribution in [0.15, 0.2) is 12.1 Å². The monoisotopic (exact) mass is 248 g/mol. The largest absolute Gasteiger partial charge is 0.504 e. The number of hydrogen-bond donors (Lipinski definition) is 1. The first-order valence-electron chi connectivity index (χ1n) is 6.51. The molecule has 18 heavy (non-hydrogen) atoms. The van der Waals surface area contributed by atoms with Crippen LogP contribution in [-0.4, -0.2) is 18.0 Å². The van der Waals surface area contributed by atoms with Gasteiger partial charge in [-0.2, -0.15) is 0 Å². The normalized spacial score (nSPS) is 19.9. The summed E-state index contributed by atoms with van der Waals surface area (Å²) in [6.45, 7) is 1.93. The summed E-state index contributed by atoms with van der Waals surface area (Å²) >= 11 is 0. The van der Waals surface area contributed by atoms with Gasteiger partial charge in [0.05, 0.1) is 7.11 Å². The smallest absolute Gasteiger partial charge is 0.163 e. The Morgan fingerprint density at radius 2 is 2.17 bits per heavy atom. The zero-order chi connectivity index (χ0) is 13.1. The summed E-state index contributed by atoms with van der Waals surface area (Å²) in [5.41, 5.74) is 2.04. The molecular formula is C15H20O3. The number of ketones is 1. The van der Waals surface area contributed by atoms with E-state index in [1.807, 2.05) is 13.0 Å². The van der Waals surface area contributed by atoms with Gasteiger partial charge in [-0.15, -0.1) is 0 Å². The lowest BCUT2D eigenvalue weighted by atomic mass is 9.83. The molecule has 3 heteroatoms. The van der Waals surface area contributed by atoms with E-state index in [1.54, 1.807) is 13.2 Å². The van der Waals surface area contributed by atoms with Crippen LogP contribution in [0.1, 0.15) is 36.8 Å². The molecular weight excluding hydrogens is 228 g/mol. The number of benzene rings is 1. The van der Waals surface area contributed by atoms with Crippen LogP contribution in [0.4, 0.5) is 0 Å². The van der Waals surface area contributed by atoms with E-state index in [9.17, 15) is 9.90 Å². The van der Waals surface area contributed by atoms with E-state index >= 15 is 0 Å². The van der Waals surface area contributed by atoms with Crippen LogP contribution in [0.3, 0.4) is 0 Å². The maximum atomic E-state index is 11.9. The maximum absolute atomic E-state index is 11.9. The molecule has 0 heterocycles. The van der Waals surface area contributed by atoms with Crippen molar-refractivity contribution >= 4 is 5.78 Å². The minimum atomic E-state index is 0.145. The molecule has 0 aliphatic heterocycles. The Hall–Kier alpha value is -1.51. The second-order valence-corrected chi connectivity index (χ2v) is 5.02. The van der Waals surface area contributed by atoms with Gasteiger partial charge in [0.2, 0.25) is 0 Å². The van der Waals surface area contributed by atoms with Crippen molar-refractivity contribution in [2.75, 3.05) is 7.11 Å². The molecule has 2 rings (SSSR count). The number of rotatable bonds is 3. The fraction of sp³-hybridized carbons (Fsp3) is 0.533. The third-order valence-corrected chi connectivity index (χ3v) is 3.85. The van der Waals surface area contributed by atoms with Crippen LogP contribution in [0, 0.1) is 12.8 Å². The van der Waals surface area contributed by atoms with Gasteiger partial charge in [0.25, 0.3) is 0 Å². The Morgan fingerprint density at radius 3 is 2.83 bits per heavy atom. The lowest BCUT2D eigenvalue weighted by Crippen LogP contribution is -2.21. The Bertz CT molecular complexity index is 451. The molecule has 1 unspecified atom stereocenters. The third-order valence-electron chi connectivity index (χ3n) is 3.85. The van der Waals surface area contributed by atoms with Gasteiger partial charge in [0.1, 0.15) is 5.78 Å². The van der Waals surface area contributed by atoms with E-state index in [0.29, 0.717) is 11.5 Å². The summed E-state index contributed by atoms with van der Waals surface area (Å²) in [5.74, 6) is 1.21. The highest BCUT2D eigenvalue weighted by molar-refractivity contribution is 5.82. The summed E-state index contributed by atoms with van der Waals surface area (Å²) in [5, 5.41) is 9.68. The van der Waals surface area contributed by atoms with E-state index in [2.05, 4.69) is 0 Å². The number of ether oxygens (including phenoxy) is 1. The fourth-order valence-corrected chi connectivity index (χ4v) is 2.73. The molecule has 1 aliphatic rings. The molecule has 0 spiro atoms. The van der Waals surface area contributed by atoms with Crippen molar-refractivity contribution in [1.82, 2.24) is 0 Å². The number of methoxy groups -OCH3 is 1. The van der Waals surface area contributed by atoms with Gasteiger partial charge in [0, 0.05) is 12.3 Å². The summed E-state index contributed by atoms with van der Waals surface area (Å²) in [4.78, 5) is 11.9. The molecule has 1 saturated carbocycles. The number of Topliss-reactive ketones (excluding diaryl/α,β-unsaturated/α-hetero) is 1. The molecule has 0 saturated heterocycles. The van der Waals surface area contributed by atoms with Crippen molar-refractivity contribution in [2.24, 2.45) is 5.92 Å². The van der Waals surface area contributed by atoms with Crippen LogP contribution in [-0.2, 0) is 11.2 Å². The summed E-state index contributed by atoms with van der Waals surface area (Å²) < 4.78 is 5.20. The standard InChI is InChI=1S/C15H20O3/c1-10-11(7-8-14(17)15(10)18-2)9-12-5-3-4-6-13(12)16/h7-8,12,17H,3-6,9H2,1-2H3. The van der Waals surface area contributed by atoms with Gasteiger partial charge in [-0.3, -0.25) is 4.79 Å². The minimum absolute atomic E-state index is 0.145. The van der Waals surface area contributed by atoms with Gasteiger partial charge < -0.3 is 9.84 Å². The van der Waals surface area contributed by atoms with E-state index in [1.165, 1.54) is 0 Å². The number of carbonyl (C=O) groups excluding carboxylic acids is 1. The molecule has 1 fully saturated rings. The Morgan fingerprint density at radius 1 is 1.39 bits per heavy atom. The second kappa shape index (κ2) is 5.42. The van der Waals surface area contributed by atoms with Crippen molar-refractivity contribution in [3.63, 3.8) is 0 Å². The number of carbonyl (C=O) groups is 1. The number of hydrogen-bond acceptors (Lipinski definition) is 3. The van der Waals surface area contributed by atoms with Crippen molar-refractivity contribution in [3.05, 3.63) is 23.3 Å². The molecule has 0 bridgehead atoms. The lowest BCUT2D eigenvalue weighted by Gasteiger charge is -2.22. The topological polar surface area (TPSA) is 46.5 Å². The minimum Gasteiger partial charge on any atom is -0.504 e. The molecule has 1 aliphatic carbocycles. The van der Waals surface area contributed by atoms with Crippen LogP contribution in [0.2, 0.25) is 0 Å². The molecule has 0 aromatic heterocycles. The second-order valence-electron chi connectivity index (χ2n) is 5.02. The number of phenolic OH excluding ortho intramolecular Hbond substituents is 1.